The van der Waals surface area contributed by atoms with Gasteiger partial charge >= 0.3 is 0 Å². The Morgan fingerprint density at radius 1 is 1.12 bits per heavy atom. The molecule has 1 unspecified atom stereocenters. The summed E-state index contributed by atoms with van der Waals surface area (Å²) >= 11 is 0. The van der Waals surface area contributed by atoms with E-state index in [2.05, 4.69) is 11.0 Å². The maximum absolute atomic E-state index is 10.4. The number of nitrogens with zero attached hydrogens (tertiary/aromatic N) is 2. The summed E-state index contributed by atoms with van der Waals surface area (Å²) in [5, 5.41) is 19.2. The third kappa shape index (κ3) is 4.78. The monoisotopic (exact) mass is 330 g/mol. The van der Waals surface area contributed by atoms with Gasteiger partial charge < -0.3 is 19.5 Å². The van der Waals surface area contributed by atoms with Crippen molar-refractivity contribution in [2.24, 2.45) is 0 Å². The lowest BCUT2D eigenvalue weighted by Crippen LogP contribution is -2.41. The van der Waals surface area contributed by atoms with Crippen LogP contribution in [-0.2, 0) is 9.47 Å². The molecule has 3 rings (SSSR count). The van der Waals surface area contributed by atoms with Crippen molar-refractivity contribution in [1.82, 2.24) is 4.90 Å². The van der Waals surface area contributed by atoms with Crippen molar-refractivity contribution in [3.8, 4) is 6.07 Å². The summed E-state index contributed by atoms with van der Waals surface area (Å²) in [6.45, 7) is 4.19. The molecular formula is C19H26N2O3. The van der Waals surface area contributed by atoms with Gasteiger partial charge in [0, 0.05) is 32.8 Å². The average molecular weight is 330 g/mol. The van der Waals surface area contributed by atoms with Crippen LogP contribution in [0.15, 0.2) is 24.3 Å². The standard InChI is InChI=1S/C19H26N2O3/c20-13-15-1-3-16(4-2-15)19(22)14-21-9-5-17(6-10-21)24-18-7-11-23-12-8-18/h1-4,17-19,22H,5-12,14H2. The number of aliphatic hydroxyl groups excluding tert-OH is 1. The number of nitriles is 1. The summed E-state index contributed by atoms with van der Waals surface area (Å²) in [4.78, 5) is 2.30. The Bertz CT molecular complexity index is 541. The summed E-state index contributed by atoms with van der Waals surface area (Å²) in [6.07, 6.45) is 4.27. The minimum atomic E-state index is -0.509. The van der Waals surface area contributed by atoms with E-state index < -0.39 is 6.10 Å². The van der Waals surface area contributed by atoms with Gasteiger partial charge in [0.05, 0.1) is 29.9 Å². The largest absolute Gasteiger partial charge is 0.387 e. The lowest BCUT2D eigenvalue weighted by atomic mass is 10.0. The highest BCUT2D eigenvalue weighted by Crippen LogP contribution is 2.22. The molecule has 2 heterocycles. The maximum atomic E-state index is 10.4. The summed E-state index contributed by atoms with van der Waals surface area (Å²) in [6, 6.07) is 9.29. The van der Waals surface area contributed by atoms with Crippen LogP contribution in [0.2, 0.25) is 0 Å². The molecule has 5 heteroatoms. The van der Waals surface area contributed by atoms with E-state index in [1.807, 2.05) is 12.1 Å². The van der Waals surface area contributed by atoms with Crippen LogP contribution < -0.4 is 0 Å². The second-order valence-corrected chi connectivity index (χ2v) is 6.70. The van der Waals surface area contributed by atoms with E-state index in [-0.39, 0.29) is 0 Å². The van der Waals surface area contributed by atoms with Crippen LogP contribution in [0.1, 0.15) is 42.9 Å². The first kappa shape index (κ1) is 17.4. The van der Waals surface area contributed by atoms with Crippen LogP contribution in [0.4, 0.5) is 0 Å². The molecule has 2 saturated heterocycles. The molecular weight excluding hydrogens is 304 g/mol. The lowest BCUT2D eigenvalue weighted by Gasteiger charge is -2.35. The molecule has 0 aromatic heterocycles. The van der Waals surface area contributed by atoms with E-state index >= 15 is 0 Å². The molecule has 1 aromatic carbocycles. The SMILES string of the molecule is N#Cc1ccc(C(O)CN2CCC(OC3CCOCC3)CC2)cc1. The van der Waals surface area contributed by atoms with Gasteiger partial charge in [-0.2, -0.15) is 5.26 Å². The number of ether oxygens (including phenoxy) is 2. The number of benzene rings is 1. The third-order valence-corrected chi connectivity index (χ3v) is 4.94. The Labute approximate surface area is 143 Å². The first-order chi connectivity index (χ1) is 11.7. The van der Waals surface area contributed by atoms with Crippen molar-refractivity contribution in [3.05, 3.63) is 35.4 Å². The summed E-state index contributed by atoms with van der Waals surface area (Å²) < 4.78 is 11.6. The van der Waals surface area contributed by atoms with Crippen LogP contribution in [0.25, 0.3) is 0 Å². The van der Waals surface area contributed by atoms with Crippen LogP contribution in [-0.4, -0.2) is 55.1 Å². The van der Waals surface area contributed by atoms with Gasteiger partial charge in [0.25, 0.3) is 0 Å². The first-order valence-corrected chi connectivity index (χ1v) is 8.88. The molecule has 1 N–H and O–H groups in total. The quantitative estimate of drug-likeness (QED) is 0.897. The lowest BCUT2D eigenvalue weighted by molar-refractivity contribution is -0.0864. The minimum absolute atomic E-state index is 0.344. The predicted octanol–water partition coefficient (Wildman–Crippen LogP) is 2.25. The third-order valence-electron chi connectivity index (χ3n) is 4.94. The molecule has 2 aliphatic rings. The topological polar surface area (TPSA) is 65.7 Å². The fraction of sp³-hybridized carbons (Fsp3) is 0.632. The van der Waals surface area contributed by atoms with Gasteiger partial charge in [0.15, 0.2) is 0 Å². The molecule has 130 valence electrons. The van der Waals surface area contributed by atoms with E-state index in [1.54, 1.807) is 12.1 Å². The molecule has 0 spiro atoms. The fourth-order valence-electron chi connectivity index (χ4n) is 3.44. The Kier molecular flexibility index (Phi) is 6.22. The Balaban J connectivity index is 1.42. The number of aliphatic hydroxyl groups is 1. The van der Waals surface area contributed by atoms with Crippen molar-refractivity contribution in [1.29, 1.82) is 5.26 Å². The number of rotatable bonds is 5. The van der Waals surface area contributed by atoms with Crippen molar-refractivity contribution in [3.63, 3.8) is 0 Å². The molecule has 0 bridgehead atoms. The zero-order chi connectivity index (χ0) is 16.8. The molecule has 0 aliphatic carbocycles. The van der Waals surface area contributed by atoms with Crippen molar-refractivity contribution >= 4 is 0 Å². The van der Waals surface area contributed by atoms with Gasteiger partial charge in [-0.05, 0) is 43.4 Å². The Morgan fingerprint density at radius 2 is 1.75 bits per heavy atom. The smallest absolute Gasteiger partial charge is 0.0991 e. The first-order valence-electron chi connectivity index (χ1n) is 8.88. The maximum Gasteiger partial charge on any atom is 0.0991 e. The van der Waals surface area contributed by atoms with Gasteiger partial charge in [-0.15, -0.1) is 0 Å². The second kappa shape index (κ2) is 8.59. The van der Waals surface area contributed by atoms with Gasteiger partial charge in [-0.1, -0.05) is 12.1 Å². The molecule has 5 nitrogen and oxygen atoms in total. The Morgan fingerprint density at radius 3 is 2.38 bits per heavy atom. The summed E-state index contributed by atoms with van der Waals surface area (Å²) in [7, 11) is 0. The van der Waals surface area contributed by atoms with E-state index in [0.717, 1.165) is 57.6 Å². The number of β-amino-alcohol motifs (C(OH)–C–C–N with tert-alkyl or cyclic N) is 1. The highest BCUT2D eigenvalue weighted by Gasteiger charge is 2.25. The minimum Gasteiger partial charge on any atom is -0.387 e. The summed E-state index contributed by atoms with van der Waals surface area (Å²) in [5.41, 5.74) is 1.49. The summed E-state index contributed by atoms with van der Waals surface area (Å²) in [5.74, 6) is 0. The van der Waals surface area contributed by atoms with Gasteiger partial charge in [0.2, 0.25) is 0 Å². The molecule has 1 aromatic rings. The van der Waals surface area contributed by atoms with E-state index in [4.69, 9.17) is 14.7 Å². The zero-order valence-corrected chi connectivity index (χ0v) is 14.1. The van der Waals surface area contributed by atoms with Crippen molar-refractivity contribution in [2.75, 3.05) is 32.8 Å². The molecule has 1 atom stereocenters. The van der Waals surface area contributed by atoms with E-state index in [1.165, 1.54) is 0 Å². The normalized spacial score (nSPS) is 22.2. The molecule has 0 radical (unpaired) electrons. The average Bonchev–Trinajstić information content (AvgIpc) is 2.64. The van der Waals surface area contributed by atoms with Crippen LogP contribution in [0, 0.1) is 11.3 Å². The van der Waals surface area contributed by atoms with Gasteiger partial charge in [-0.25, -0.2) is 0 Å². The van der Waals surface area contributed by atoms with E-state index in [9.17, 15) is 5.11 Å². The molecule has 24 heavy (non-hydrogen) atoms. The zero-order valence-electron chi connectivity index (χ0n) is 14.1. The highest BCUT2D eigenvalue weighted by atomic mass is 16.5. The van der Waals surface area contributed by atoms with Gasteiger partial charge in [0.1, 0.15) is 0 Å². The van der Waals surface area contributed by atoms with Crippen molar-refractivity contribution in [2.45, 2.75) is 44.0 Å². The number of hydrogen-bond acceptors (Lipinski definition) is 5. The van der Waals surface area contributed by atoms with E-state index in [0.29, 0.717) is 24.3 Å². The van der Waals surface area contributed by atoms with Gasteiger partial charge in [-0.3, -0.25) is 0 Å². The molecule has 2 aliphatic heterocycles. The van der Waals surface area contributed by atoms with Crippen LogP contribution >= 0.6 is 0 Å². The van der Waals surface area contributed by atoms with Crippen LogP contribution in [0.3, 0.4) is 0 Å². The second-order valence-electron chi connectivity index (χ2n) is 6.70. The molecule has 0 saturated carbocycles. The number of hydrogen-bond donors (Lipinski definition) is 1. The molecule has 0 amide bonds. The number of likely N-dealkylation sites (tertiary alicyclic amines) is 1. The predicted molar refractivity (Wildman–Crippen MR) is 90.5 cm³/mol. The van der Waals surface area contributed by atoms with Crippen LogP contribution in [0.5, 0.6) is 0 Å². The highest BCUT2D eigenvalue weighted by molar-refractivity contribution is 5.32. The number of piperidine rings is 1. The molecule has 2 fully saturated rings. The Hall–Kier alpha value is -1.45. The van der Waals surface area contributed by atoms with Crippen molar-refractivity contribution < 1.29 is 14.6 Å². The fourth-order valence-corrected chi connectivity index (χ4v) is 3.44.